The number of urea groups is 1. The zero-order valence-electron chi connectivity index (χ0n) is 25.3. The number of carbonyl (C=O) groups excluding carboxylic acids is 3. The molecular formula is C33H35N5O7S2. The van der Waals surface area contributed by atoms with Gasteiger partial charge in [0.25, 0.3) is 0 Å². The van der Waals surface area contributed by atoms with E-state index in [-0.39, 0.29) is 46.2 Å². The van der Waals surface area contributed by atoms with E-state index in [1.807, 2.05) is 11.8 Å². The molecule has 0 bridgehead atoms. The molecule has 47 heavy (non-hydrogen) atoms. The van der Waals surface area contributed by atoms with Crippen LogP contribution < -0.4 is 31.3 Å². The molecule has 12 nitrogen and oxygen atoms in total. The van der Waals surface area contributed by atoms with Crippen LogP contribution in [0.4, 0.5) is 10.5 Å². The van der Waals surface area contributed by atoms with E-state index in [4.69, 9.17) is 17.0 Å². The van der Waals surface area contributed by atoms with Gasteiger partial charge in [-0.3, -0.25) is 9.59 Å². The largest absolute Gasteiger partial charge is 0.508 e. The predicted octanol–water partition coefficient (Wildman–Crippen LogP) is 3.38. The maximum absolute atomic E-state index is 12.5. The van der Waals surface area contributed by atoms with E-state index >= 15 is 0 Å². The molecule has 2 aromatic rings. The molecule has 0 saturated carbocycles. The second kappa shape index (κ2) is 14.1. The van der Waals surface area contributed by atoms with E-state index in [1.165, 1.54) is 30.4 Å². The van der Waals surface area contributed by atoms with Crippen LogP contribution in [0.3, 0.4) is 0 Å². The molecular weight excluding hydrogens is 643 g/mol. The maximum atomic E-state index is 12.5. The summed E-state index contributed by atoms with van der Waals surface area (Å²) in [7, 11) is 0. The average molecular weight is 678 g/mol. The smallest absolute Gasteiger partial charge is 0.336 e. The Morgan fingerprint density at radius 1 is 1.04 bits per heavy atom. The summed E-state index contributed by atoms with van der Waals surface area (Å²) in [6, 6.07) is 9.91. The van der Waals surface area contributed by atoms with E-state index in [2.05, 4.69) is 26.6 Å². The van der Waals surface area contributed by atoms with Crippen molar-refractivity contribution in [1.82, 2.24) is 21.3 Å². The van der Waals surface area contributed by atoms with E-state index in [0.29, 0.717) is 53.1 Å². The number of allylic oxidation sites excluding steroid dienone is 3. The minimum atomic E-state index is -1.13. The average Bonchev–Trinajstić information content (AvgIpc) is 3.59. The lowest BCUT2D eigenvalue weighted by atomic mass is 9.74. The van der Waals surface area contributed by atoms with Gasteiger partial charge in [-0.05, 0) is 54.9 Å². The number of hydrogen-bond acceptors (Lipinski definition) is 8. The number of amides is 3. The second-order valence-electron chi connectivity index (χ2n) is 11.8. The Morgan fingerprint density at radius 3 is 2.68 bits per heavy atom. The molecule has 5 unspecified atom stereocenters. The summed E-state index contributed by atoms with van der Waals surface area (Å²) in [5, 5.41) is 35.7. The van der Waals surface area contributed by atoms with Crippen LogP contribution in [0.15, 0.2) is 60.4 Å². The van der Waals surface area contributed by atoms with E-state index in [1.54, 1.807) is 24.3 Å². The SMILES string of the molecule is O=C1C=CC2C(=C1)Oc1cc(O)ccc1C2c1ccc(NC(=S)NCCNC(=O)CCCCC2SCC3NC(=O)NC32)cc1C(=O)O. The number of hydrogen-bond donors (Lipinski definition) is 7. The number of carbonyl (C=O) groups is 4. The van der Waals surface area contributed by atoms with Crippen molar-refractivity contribution in [2.45, 2.75) is 48.9 Å². The summed E-state index contributed by atoms with van der Waals surface area (Å²) in [6.07, 6.45) is 7.60. The normalized spacial score (nSPS) is 23.7. The molecule has 3 aliphatic heterocycles. The number of phenols is 1. The van der Waals surface area contributed by atoms with Gasteiger partial charge in [0, 0.05) is 65.7 Å². The van der Waals surface area contributed by atoms with Crippen LogP contribution in [0.5, 0.6) is 11.5 Å². The molecule has 4 aliphatic rings. The molecule has 2 fully saturated rings. The van der Waals surface area contributed by atoms with E-state index in [9.17, 15) is 29.4 Å². The van der Waals surface area contributed by atoms with Crippen molar-refractivity contribution in [3.8, 4) is 11.5 Å². The molecule has 0 radical (unpaired) electrons. The zero-order chi connectivity index (χ0) is 33.1. The Kier molecular flexibility index (Phi) is 9.68. The lowest BCUT2D eigenvalue weighted by molar-refractivity contribution is -0.121. The fourth-order valence-corrected chi connectivity index (χ4v) is 8.27. The Labute approximate surface area is 280 Å². The van der Waals surface area contributed by atoms with Crippen molar-refractivity contribution < 1.29 is 34.1 Å². The number of unbranched alkanes of at least 4 members (excludes halogenated alkanes) is 1. The lowest BCUT2D eigenvalue weighted by Gasteiger charge is -2.35. The highest BCUT2D eigenvalue weighted by molar-refractivity contribution is 8.00. The van der Waals surface area contributed by atoms with Crippen LogP contribution in [0.2, 0.25) is 0 Å². The second-order valence-corrected chi connectivity index (χ2v) is 13.5. The van der Waals surface area contributed by atoms with E-state index < -0.39 is 17.8 Å². The fourth-order valence-electron chi connectivity index (χ4n) is 6.51. The summed E-state index contributed by atoms with van der Waals surface area (Å²) in [4.78, 5) is 48.4. The molecule has 6 rings (SSSR count). The number of carboxylic acids is 1. The van der Waals surface area contributed by atoms with Crippen molar-refractivity contribution in [1.29, 1.82) is 0 Å². The summed E-state index contributed by atoms with van der Waals surface area (Å²) >= 11 is 7.27. The monoisotopic (exact) mass is 677 g/mol. The van der Waals surface area contributed by atoms with Crippen LogP contribution in [0, 0.1) is 5.92 Å². The van der Waals surface area contributed by atoms with E-state index in [0.717, 1.165) is 25.0 Å². The number of aromatic hydroxyl groups is 1. The summed E-state index contributed by atoms with van der Waals surface area (Å²) in [5.74, 6) is -0.645. The topological polar surface area (TPSA) is 178 Å². The quantitative estimate of drug-likeness (QED) is 0.105. The Balaban J connectivity index is 0.994. The van der Waals surface area contributed by atoms with Crippen LogP contribution in [0.25, 0.3) is 0 Å². The molecule has 5 atom stereocenters. The maximum Gasteiger partial charge on any atom is 0.336 e. The number of phenolic OH excluding ortho intramolecular Hbond substituents is 1. The highest BCUT2D eigenvalue weighted by Gasteiger charge is 2.42. The molecule has 2 aromatic carbocycles. The van der Waals surface area contributed by atoms with Gasteiger partial charge in [-0.15, -0.1) is 0 Å². The number of anilines is 1. The molecule has 3 amide bonds. The number of ketones is 1. The van der Waals surface area contributed by atoms with Gasteiger partial charge < -0.3 is 41.5 Å². The van der Waals surface area contributed by atoms with Crippen molar-refractivity contribution in [3.63, 3.8) is 0 Å². The summed E-state index contributed by atoms with van der Waals surface area (Å²) < 4.78 is 5.94. The van der Waals surface area contributed by atoms with Gasteiger partial charge >= 0.3 is 12.0 Å². The van der Waals surface area contributed by atoms with Crippen molar-refractivity contribution >= 4 is 58.5 Å². The number of carboxylic acid groups (broad SMARTS) is 1. The molecule has 2 saturated heterocycles. The van der Waals surface area contributed by atoms with Crippen molar-refractivity contribution in [2.75, 3.05) is 24.2 Å². The summed E-state index contributed by atoms with van der Waals surface area (Å²) in [6.45, 7) is 0.745. The van der Waals surface area contributed by atoms with Crippen LogP contribution in [-0.2, 0) is 9.59 Å². The van der Waals surface area contributed by atoms with Gasteiger partial charge in [0.1, 0.15) is 17.3 Å². The number of thioether (sulfide) groups is 1. The fraction of sp³-hybridized carbons (Fsp3) is 0.364. The van der Waals surface area contributed by atoms with Gasteiger partial charge in [0.05, 0.1) is 17.6 Å². The molecule has 0 spiro atoms. The molecule has 1 aliphatic carbocycles. The number of benzene rings is 2. The van der Waals surface area contributed by atoms with Crippen LogP contribution >= 0.6 is 24.0 Å². The van der Waals surface area contributed by atoms with Crippen molar-refractivity contribution in [2.24, 2.45) is 5.92 Å². The minimum Gasteiger partial charge on any atom is -0.508 e. The first-order valence-electron chi connectivity index (χ1n) is 15.5. The Bertz CT molecular complexity index is 1680. The Morgan fingerprint density at radius 2 is 1.85 bits per heavy atom. The minimum absolute atomic E-state index is 0.00940. The number of rotatable bonds is 11. The van der Waals surface area contributed by atoms with Gasteiger partial charge in [0.2, 0.25) is 5.91 Å². The molecule has 7 N–H and O–H groups in total. The predicted molar refractivity (Wildman–Crippen MR) is 181 cm³/mol. The third kappa shape index (κ3) is 7.38. The molecule has 0 aromatic heterocycles. The highest BCUT2D eigenvalue weighted by atomic mass is 32.2. The summed E-state index contributed by atoms with van der Waals surface area (Å²) in [5.41, 5.74) is 1.73. The number of nitrogens with one attached hydrogen (secondary N) is 5. The number of ether oxygens (including phenoxy) is 1. The lowest BCUT2D eigenvalue weighted by Crippen LogP contribution is -2.37. The third-order valence-corrected chi connectivity index (χ3v) is 10.4. The molecule has 14 heteroatoms. The molecule has 3 heterocycles. The first kappa shape index (κ1) is 32.4. The van der Waals surface area contributed by atoms with Crippen LogP contribution in [-0.4, -0.2) is 75.2 Å². The number of fused-ring (bicyclic) bond motifs is 3. The zero-order valence-corrected chi connectivity index (χ0v) is 26.9. The van der Waals surface area contributed by atoms with Gasteiger partial charge in [-0.1, -0.05) is 24.6 Å². The van der Waals surface area contributed by atoms with Crippen molar-refractivity contribution in [3.05, 3.63) is 77.1 Å². The standard InChI is InChI=1S/C33H35N5O7S2/c39-18-6-9-21-25(14-18)45-26-15-19(40)7-10-22(26)29(21)20-8-5-17(13-23(20)31(42)43)36-33(46)35-12-11-34-28(41)4-2-1-3-27-30-24(16-47-27)37-32(44)38-30/h5-10,13-15,21,24,27,29-30,40H,1-4,11-12,16H2,(H,34,41)(H,42,43)(H2,35,36,46)(H2,37,38,44). The highest BCUT2D eigenvalue weighted by Crippen LogP contribution is 2.49. The van der Waals surface area contributed by atoms with Gasteiger partial charge in [-0.2, -0.15) is 11.8 Å². The molecule has 246 valence electrons. The Hall–Kier alpha value is -4.56. The first-order valence-corrected chi connectivity index (χ1v) is 16.9. The third-order valence-electron chi connectivity index (χ3n) is 8.69. The first-order chi connectivity index (χ1) is 22.7. The van der Waals surface area contributed by atoms with Crippen LogP contribution in [0.1, 0.15) is 53.1 Å². The number of thiocarbonyl (C=S) groups is 1. The number of aromatic carboxylic acids is 1. The van der Waals surface area contributed by atoms with Gasteiger partial charge in [0.15, 0.2) is 10.9 Å². The van der Waals surface area contributed by atoms with Gasteiger partial charge in [-0.25, -0.2) is 9.59 Å².